The van der Waals surface area contributed by atoms with Gasteiger partial charge in [-0.3, -0.25) is 48.1 Å². The molecule has 470 valence electrons. The first-order valence-electron chi connectivity index (χ1n) is 30.2. The van der Waals surface area contributed by atoms with Crippen LogP contribution in [0.25, 0.3) is 10.8 Å². The highest BCUT2D eigenvalue weighted by molar-refractivity contribution is 7.98. The van der Waals surface area contributed by atoms with Crippen molar-refractivity contribution in [2.75, 3.05) is 38.2 Å². The molecule has 4 heterocycles. The minimum Gasteiger partial charge on any atom is -0.353 e. The Morgan fingerprint density at radius 3 is 1.99 bits per heavy atom. The van der Waals surface area contributed by atoms with Crippen molar-refractivity contribution in [3.05, 3.63) is 153 Å². The number of nitrogens with zero attached hydrogens (tertiary/aromatic N) is 4. The maximum atomic E-state index is 15.3. The molecule has 4 aromatic carbocycles. The lowest BCUT2D eigenvalue weighted by molar-refractivity contribution is -0.148. The molecule has 0 saturated carbocycles. The van der Waals surface area contributed by atoms with Gasteiger partial charge in [0.1, 0.15) is 54.2 Å². The van der Waals surface area contributed by atoms with Crippen molar-refractivity contribution in [3.63, 3.8) is 0 Å². The van der Waals surface area contributed by atoms with Crippen molar-refractivity contribution < 1.29 is 47.5 Å². The Kier molecular flexibility index (Phi) is 22.6. The predicted molar refractivity (Wildman–Crippen MR) is 344 cm³/mol. The fourth-order valence-electron chi connectivity index (χ4n) is 11.8. The van der Waals surface area contributed by atoms with Crippen LogP contribution in [0.5, 0.6) is 0 Å². The van der Waals surface area contributed by atoms with E-state index in [0.717, 1.165) is 21.9 Å². The molecule has 0 aromatic heterocycles. The molecule has 2 saturated heterocycles. The van der Waals surface area contributed by atoms with Crippen molar-refractivity contribution in [3.8, 4) is 0 Å². The first-order chi connectivity index (χ1) is 42.8. The summed E-state index contributed by atoms with van der Waals surface area (Å²) in [5.74, 6) is -3.17. The Bertz CT molecular complexity index is 3480. The van der Waals surface area contributed by atoms with Crippen LogP contribution in [0.15, 0.2) is 131 Å². The minimum absolute atomic E-state index is 0.0665. The highest BCUT2D eigenvalue weighted by Gasteiger charge is 2.43. The van der Waals surface area contributed by atoms with E-state index >= 15 is 9.59 Å². The molecule has 89 heavy (non-hydrogen) atoms. The van der Waals surface area contributed by atoms with E-state index in [1.165, 1.54) is 60.9 Å². The Morgan fingerprint density at radius 1 is 0.618 bits per heavy atom. The third-order valence-corrected chi connectivity index (χ3v) is 19.0. The van der Waals surface area contributed by atoms with Gasteiger partial charge in [-0.15, -0.1) is 0 Å². The third kappa shape index (κ3) is 16.9. The van der Waals surface area contributed by atoms with Crippen LogP contribution in [-0.2, 0) is 67.5 Å². The van der Waals surface area contributed by atoms with Crippen LogP contribution < -0.4 is 31.9 Å². The monoisotopic (exact) mass is 1270 g/mol. The lowest BCUT2D eigenvalue weighted by atomic mass is 9.94. The van der Waals surface area contributed by atoms with E-state index in [1.807, 2.05) is 60.7 Å². The normalized spacial score (nSPS) is 25.6. The predicted octanol–water partition coefficient (Wildman–Crippen LogP) is 6.17. The number of hydrogen-bond acceptors (Lipinski definition) is 12. The Balaban J connectivity index is 0.996. The van der Waals surface area contributed by atoms with Gasteiger partial charge in [0, 0.05) is 93.0 Å². The fraction of sp³-hybridized carbons (Fsp3) is 0.424. The van der Waals surface area contributed by atoms with Crippen LogP contribution in [0.1, 0.15) is 88.0 Å². The molecular formula is C66H76ClFN10O9S2. The van der Waals surface area contributed by atoms with Gasteiger partial charge in [-0.1, -0.05) is 90.5 Å². The standard InChI is InChI=1S/C66H76ClFN10O9S2/c1-39-59(80)72-40(2)60(81)74-53(33-46-15-8-14-45-13-5-6-16-50(45)46)61(82)75-54(34-47-36-70-52-24-23-49(68)35-51(47)52)65(86)77-27-10-18-56(77)63(84)73-41(3)64(85)76(4)57(32-42-19-21-48(67)22-20-42)66(87)78-28-9-17-55(78)62(83)69-26-30-89-38-44-12-7-11-43(31-44)37-88-29-25-58(79)71-39/h5-8,11-16,19-24,31,36,39-41,53-57H,9-10,17-18,25-30,32-35,37-38H2,1-4H3,(H,69,83)(H,71,79)(H,72,80)(H,73,84)(H,74,81)(H,75,82)/t39-,40+,41-,53-,54-,55-,56-,57-/m0/s1. The Hall–Kier alpha value is -7.82. The number of hydrogen-bond donors (Lipinski definition) is 6. The second kappa shape index (κ2) is 30.6. The van der Waals surface area contributed by atoms with Gasteiger partial charge in [0.2, 0.25) is 53.2 Å². The topological polar surface area (TPSA) is 248 Å². The number of benzene rings is 4. The molecule has 23 heteroatoms. The van der Waals surface area contributed by atoms with E-state index in [9.17, 15) is 38.0 Å². The molecular weight excluding hydrogens is 1200 g/mol. The first-order valence-corrected chi connectivity index (χ1v) is 32.9. The number of rotatable bonds is 6. The van der Waals surface area contributed by atoms with E-state index in [4.69, 9.17) is 11.6 Å². The molecule has 19 nitrogen and oxygen atoms in total. The molecule has 4 aliphatic heterocycles. The van der Waals surface area contributed by atoms with Crippen LogP contribution >= 0.6 is 35.1 Å². The number of amides is 9. The lowest BCUT2D eigenvalue weighted by Crippen LogP contribution is -2.60. The summed E-state index contributed by atoms with van der Waals surface area (Å²) in [6.45, 7) is 5.20. The fourth-order valence-corrected chi connectivity index (χ4v) is 13.7. The Morgan fingerprint density at radius 2 is 1.25 bits per heavy atom. The summed E-state index contributed by atoms with van der Waals surface area (Å²) in [4.78, 5) is 138. The summed E-state index contributed by atoms with van der Waals surface area (Å²) >= 11 is 9.48. The van der Waals surface area contributed by atoms with Gasteiger partial charge in [0.25, 0.3) is 0 Å². The van der Waals surface area contributed by atoms with Crippen LogP contribution in [-0.4, -0.2) is 161 Å². The van der Waals surface area contributed by atoms with Crippen molar-refractivity contribution in [1.29, 1.82) is 0 Å². The van der Waals surface area contributed by atoms with Crippen molar-refractivity contribution in [2.45, 2.75) is 138 Å². The zero-order valence-corrected chi connectivity index (χ0v) is 52.7. The quantitative estimate of drug-likeness (QED) is 0.127. The summed E-state index contributed by atoms with van der Waals surface area (Å²) in [7, 11) is 1.49. The smallest absolute Gasteiger partial charge is 0.246 e. The first kappa shape index (κ1) is 65.6. The summed E-state index contributed by atoms with van der Waals surface area (Å²) < 4.78 is 14.9. The number of fused-ring (bicyclic) bond motifs is 6. The number of carbonyl (C=O) groups is 9. The third-order valence-electron chi connectivity index (χ3n) is 16.7. The van der Waals surface area contributed by atoms with Gasteiger partial charge >= 0.3 is 0 Å². The van der Waals surface area contributed by atoms with Crippen molar-refractivity contribution in [1.82, 2.24) is 46.6 Å². The van der Waals surface area contributed by atoms with Crippen LogP contribution in [0.2, 0.25) is 5.02 Å². The van der Waals surface area contributed by atoms with Gasteiger partial charge in [0.05, 0.1) is 5.70 Å². The zero-order valence-electron chi connectivity index (χ0n) is 50.4. The lowest BCUT2D eigenvalue weighted by Gasteiger charge is -2.35. The number of halogens is 2. The summed E-state index contributed by atoms with van der Waals surface area (Å²) in [6, 6.07) is 18.9. The largest absolute Gasteiger partial charge is 0.353 e. The van der Waals surface area contributed by atoms with Gasteiger partial charge < -0.3 is 46.6 Å². The van der Waals surface area contributed by atoms with E-state index in [1.54, 1.807) is 47.8 Å². The molecule has 0 spiro atoms. The molecule has 4 aromatic rings. The molecule has 5 aliphatic rings. The average molecular weight is 1270 g/mol. The van der Waals surface area contributed by atoms with E-state index in [-0.39, 0.29) is 56.9 Å². The Labute approximate surface area is 531 Å². The van der Waals surface area contributed by atoms with Gasteiger partial charge in [-0.2, -0.15) is 23.5 Å². The molecule has 2 fully saturated rings. The van der Waals surface area contributed by atoms with Crippen LogP contribution in [0, 0.1) is 0 Å². The second-order valence-corrected chi connectivity index (χ2v) is 25.8. The highest BCUT2D eigenvalue weighted by Crippen LogP contribution is 2.35. The molecule has 1 aliphatic carbocycles. The number of likely N-dealkylation sites (N-methyl/N-ethyl adjacent to an activating group) is 1. The molecule has 8 atom stereocenters. The molecule has 2 bridgehead atoms. The van der Waals surface area contributed by atoms with Gasteiger partial charge in [-0.25, -0.2) is 4.39 Å². The van der Waals surface area contributed by atoms with Crippen LogP contribution in [0.4, 0.5) is 4.39 Å². The number of aliphatic imine (C=N–C) groups is 1. The number of allylic oxidation sites excluding steroid dienone is 4. The van der Waals surface area contributed by atoms with E-state index in [0.29, 0.717) is 88.4 Å². The number of carbonyl (C=O) groups excluding carboxylic acids is 9. The van der Waals surface area contributed by atoms with E-state index < -0.39 is 95.5 Å². The van der Waals surface area contributed by atoms with E-state index in [2.05, 4.69) is 43.0 Å². The minimum atomic E-state index is -1.40. The molecule has 9 amide bonds. The van der Waals surface area contributed by atoms with Crippen molar-refractivity contribution >= 4 is 105 Å². The molecule has 9 rings (SSSR count). The van der Waals surface area contributed by atoms with Gasteiger partial charge in [-0.05, 0) is 115 Å². The molecule has 0 radical (unpaired) electrons. The summed E-state index contributed by atoms with van der Waals surface area (Å²) in [5.41, 5.74) is 5.04. The second-order valence-electron chi connectivity index (χ2n) is 23.2. The molecule has 6 N–H and O–H groups in total. The summed E-state index contributed by atoms with van der Waals surface area (Å²) in [6.07, 6.45) is 5.77. The number of nitrogens with one attached hydrogen (secondary N) is 6. The van der Waals surface area contributed by atoms with Crippen molar-refractivity contribution in [2.24, 2.45) is 4.99 Å². The number of thioether (sulfide) groups is 2. The average Bonchev–Trinajstić information content (AvgIpc) is 2.35. The maximum Gasteiger partial charge on any atom is 0.246 e. The zero-order chi connectivity index (χ0) is 63.3. The molecule has 0 unspecified atom stereocenters. The van der Waals surface area contributed by atoms with Gasteiger partial charge in [0.15, 0.2) is 0 Å². The van der Waals surface area contributed by atoms with Crippen LogP contribution in [0.3, 0.4) is 0 Å². The highest BCUT2D eigenvalue weighted by atomic mass is 35.5. The SMILES string of the molecule is C[C@@H]1NC(=O)CCSCc2cccc(c2)CSCCNC(=O)[C@@H]2CCCN2C(=O)[C@H](Cc2ccc(Cl)cc2)N(C)C(=O)[C@H](C)NC(=O)[C@@H]2CCCN2C(=O)[C@H](CC2=C3CC(F)=CC=C3N=C2)NC(=O)[C@H](Cc2cccc3ccccc23)NC(=O)[C@@H](C)NC1=O. The maximum absolute atomic E-state index is 15.3. The summed E-state index contributed by atoms with van der Waals surface area (Å²) in [5, 5.41) is 19.1.